The molecular weight excluding hydrogens is 316 g/mol. The van der Waals surface area contributed by atoms with E-state index in [-0.39, 0.29) is 0 Å². The maximum atomic E-state index is 12.3. The lowest BCUT2D eigenvalue weighted by atomic mass is 10.2. The van der Waals surface area contributed by atoms with Crippen molar-refractivity contribution in [1.29, 1.82) is 0 Å². The number of hydrogen-bond acceptors (Lipinski definition) is 4. The van der Waals surface area contributed by atoms with E-state index in [0.29, 0.717) is 19.6 Å². The second-order valence-electron chi connectivity index (χ2n) is 6.09. The SMILES string of the molecule is O=C(NCc1ccncc1)C(=O)N1CCN(Cc2ccccc2)CC1. The Hall–Kier alpha value is -2.73. The predicted octanol–water partition coefficient (Wildman–Crippen LogP) is 1.04. The number of nitrogens with one attached hydrogen (secondary N) is 1. The largest absolute Gasteiger partial charge is 0.344 e. The number of hydrogen-bond donors (Lipinski definition) is 1. The summed E-state index contributed by atoms with van der Waals surface area (Å²) in [4.78, 5) is 32.2. The van der Waals surface area contributed by atoms with E-state index in [1.165, 1.54) is 5.56 Å². The van der Waals surface area contributed by atoms with Crippen LogP contribution < -0.4 is 5.32 Å². The summed E-state index contributed by atoms with van der Waals surface area (Å²) in [6, 6.07) is 13.9. The normalized spacial score (nSPS) is 15.0. The highest BCUT2D eigenvalue weighted by molar-refractivity contribution is 6.34. The quantitative estimate of drug-likeness (QED) is 0.846. The van der Waals surface area contributed by atoms with Gasteiger partial charge in [0, 0.05) is 51.7 Å². The number of amides is 2. The Morgan fingerprint density at radius 2 is 1.60 bits per heavy atom. The van der Waals surface area contributed by atoms with Crippen LogP contribution in [0.15, 0.2) is 54.9 Å². The lowest BCUT2D eigenvalue weighted by Gasteiger charge is -2.34. The first kappa shape index (κ1) is 17.1. The van der Waals surface area contributed by atoms with E-state index in [9.17, 15) is 9.59 Å². The third-order valence-corrected chi connectivity index (χ3v) is 4.31. The molecule has 1 aromatic carbocycles. The topological polar surface area (TPSA) is 65.5 Å². The standard InChI is InChI=1S/C19H22N4O2/c24-18(21-14-16-6-8-20-9-7-16)19(25)23-12-10-22(11-13-23)15-17-4-2-1-3-5-17/h1-9H,10-15H2,(H,21,24). The van der Waals surface area contributed by atoms with Crippen molar-refractivity contribution >= 4 is 11.8 Å². The minimum atomic E-state index is -0.548. The van der Waals surface area contributed by atoms with Crippen LogP contribution in [0.5, 0.6) is 0 Å². The molecule has 0 radical (unpaired) electrons. The molecule has 0 bridgehead atoms. The van der Waals surface area contributed by atoms with Crippen LogP contribution in [-0.4, -0.2) is 52.8 Å². The Morgan fingerprint density at radius 1 is 0.920 bits per heavy atom. The molecule has 2 heterocycles. The van der Waals surface area contributed by atoms with Gasteiger partial charge in [-0.05, 0) is 23.3 Å². The van der Waals surface area contributed by atoms with E-state index < -0.39 is 11.8 Å². The van der Waals surface area contributed by atoms with E-state index >= 15 is 0 Å². The lowest BCUT2D eigenvalue weighted by Crippen LogP contribution is -2.52. The Balaban J connectivity index is 1.44. The van der Waals surface area contributed by atoms with Crippen LogP contribution in [0.1, 0.15) is 11.1 Å². The molecule has 0 saturated carbocycles. The van der Waals surface area contributed by atoms with Gasteiger partial charge in [0.2, 0.25) is 0 Å². The van der Waals surface area contributed by atoms with Crippen molar-refractivity contribution in [2.75, 3.05) is 26.2 Å². The molecule has 2 amide bonds. The zero-order chi connectivity index (χ0) is 17.5. The van der Waals surface area contributed by atoms with Gasteiger partial charge < -0.3 is 10.2 Å². The number of rotatable bonds is 4. The molecule has 25 heavy (non-hydrogen) atoms. The molecule has 1 saturated heterocycles. The third-order valence-electron chi connectivity index (χ3n) is 4.31. The van der Waals surface area contributed by atoms with Gasteiger partial charge in [-0.3, -0.25) is 19.5 Å². The fourth-order valence-electron chi connectivity index (χ4n) is 2.85. The summed E-state index contributed by atoms with van der Waals surface area (Å²) in [6.07, 6.45) is 3.32. The number of pyridine rings is 1. The van der Waals surface area contributed by atoms with Crippen molar-refractivity contribution in [1.82, 2.24) is 20.1 Å². The van der Waals surface area contributed by atoms with Crippen molar-refractivity contribution in [3.63, 3.8) is 0 Å². The number of piperazine rings is 1. The summed E-state index contributed by atoms with van der Waals surface area (Å²) in [6.45, 7) is 3.91. The number of carbonyl (C=O) groups is 2. The molecule has 1 aliphatic rings. The molecule has 6 heteroatoms. The zero-order valence-electron chi connectivity index (χ0n) is 14.1. The second-order valence-corrected chi connectivity index (χ2v) is 6.09. The minimum absolute atomic E-state index is 0.334. The maximum absolute atomic E-state index is 12.3. The molecule has 1 aromatic heterocycles. The number of benzene rings is 1. The fourth-order valence-corrected chi connectivity index (χ4v) is 2.85. The van der Waals surface area contributed by atoms with Crippen LogP contribution in [0.4, 0.5) is 0 Å². The highest BCUT2D eigenvalue weighted by Crippen LogP contribution is 2.08. The summed E-state index contributed by atoms with van der Waals surface area (Å²) < 4.78 is 0. The van der Waals surface area contributed by atoms with Crippen LogP contribution in [0.2, 0.25) is 0 Å². The summed E-state index contributed by atoms with van der Waals surface area (Å²) in [5.74, 6) is -0.998. The van der Waals surface area contributed by atoms with Crippen molar-refractivity contribution in [2.24, 2.45) is 0 Å². The van der Waals surface area contributed by atoms with Crippen LogP contribution in [-0.2, 0) is 22.7 Å². The highest BCUT2D eigenvalue weighted by Gasteiger charge is 2.25. The monoisotopic (exact) mass is 338 g/mol. The molecule has 0 aliphatic carbocycles. The van der Waals surface area contributed by atoms with Crippen LogP contribution in [0, 0.1) is 0 Å². The first-order valence-corrected chi connectivity index (χ1v) is 8.44. The molecule has 2 aromatic rings. The van der Waals surface area contributed by atoms with Gasteiger partial charge in [-0.2, -0.15) is 0 Å². The summed E-state index contributed by atoms with van der Waals surface area (Å²) in [5.41, 5.74) is 2.18. The van der Waals surface area contributed by atoms with Gasteiger partial charge in [-0.1, -0.05) is 30.3 Å². The third kappa shape index (κ3) is 4.87. The van der Waals surface area contributed by atoms with E-state index in [1.54, 1.807) is 17.3 Å². The van der Waals surface area contributed by atoms with E-state index in [4.69, 9.17) is 0 Å². The first-order valence-electron chi connectivity index (χ1n) is 8.44. The Labute approximate surface area is 147 Å². The van der Waals surface area contributed by atoms with Crippen LogP contribution in [0.3, 0.4) is 0 Å². The summed E-state index contributed by atoms with van der Waals surface area (Å²) >= 11 is 0. The summed E-state index contributed by atoms with van der Waals surface area (Å²) in [7, 11) is 0. The number of aromatic nitrogens is 1. The van der Waals surface area contributed by atoms with Crippen LogP contribution >= 0.6 is 0 Å². The Bertz CT molecular complexity index is 698. The molecule has 3 rings (SSSR count). The Morgan fingerprint density at radius 3 is 2.28 bits per heavy atom. The van der Waals surface area contributed by atoms with Gasteiger partial charge in [-0.25, -0.2) is 0 Å². The van der Waals surface area contributed by atoms with Gasteiger partial charge >= 0.3 is 11.8 Å². The number of nitrogens with zero attached hydrogens (tertiary/aromatic N) is 3. The van der Waals surface area contributed by atoms with Gasteiger partial charge in [0.25, 0.3) is 0 Å². The van der Waals surface area contributed by atoms with E-state index in [0.717, 1.165) is 25.2 Å². The zero-order valence-corrected chi connectivity index (χ0v) is 14.1. The molecule has 1 N–H and O–H groups in total. The average Bonchev–Trinajstić information content (AvgIpc) is 2.68. The molecule has 1 aliphatic heterocycles. The van der Waals surface area contributed by atoms with Gasteiger partial charge in [0.15, 0.2) is 0 Å². The van der Waals surface area contributed by atoms with Gasteiger partial charge in [-0.15, -0.1) is 0 Å². The van der Waals surface area contributed by atoms with Crippen molar-refractivity contribution in [3.8, 4) is 0 Å². The van der Waals surface area contributed by atoms with E-state index in [1.807, 2.05) is 30.3 Å². The Kier molecular flexibility index (Phi) is 5.74. The van der Waals surface area contributed by atoms with Crippen molar-refractivity contribution in [2.45, 2.75) is 13.1 Å². The predicted molar refractivity (Wildman–Crippen MR) is 94.4 cm³/mol. The van der Waals surface area contributed by atoms with Crippen LogP contribution in [0.25, 0.3) is 0 Å². The van der Waals surface area contributed by atoms with E-state index in [2.05, 4.69) is 27.3 Å². The molecular formula is C19H22N4O2. The molecule has 0 atom stereocenters. The maximum Gasteiger partial charge on any atom is 0.311 e. The summed E-state index contributed by atoms with van der Waals surface area (Å²) in [5, 5.41) is 2.68. The smallest absolute Gasteiger partial charge is 0.311 e. The molecule has 0 unspecified atom stereocenters. The number of carbonyl (C=O) groups excluding carboxylic acids is 2. The highest BCUT2D eigenvalue weighted by atomic mass is 16.2. The average molecular weight is 338 g/mol. The lowest BCUT2D eigenvalue weighted by molar-refractivity contribution is -0.147. The second kappa shape index (κ2) is 8.39. The molecule has 0 spiro atoms. The van der Waals surface area contributed by atoms with Crippen molar-refractivity contribution < 1.29 is 9.59 Å². The minimum Gasteiger partial charge on any atom is -0.344 e. The molecule has 1 fully saturated rings. The first-order chi connectivity index (χ1) is 12.2. The molecule has 130 valence electrons. The van der Waals surface area contributed by atoms with Crippen molar-refractivity contribution in [3.05, 3.63) is 66.0 Å². The van der Waals surface area contributed by atoms with Gasteiger partial charge in [0.05, 0.1) is 0 Å². The fraction of sp³-hybridized carbons (Fsp3) is 0.316. The van der Waals surface area contributed by atoms with Gasteiger partial charge in [0.1, 0.15) is 0 Å². The molecule has 6 nitrogen and oxygen atoms in total.